The summed E-state index contributed by atoms with van der Waals surface area (Å²) in [6.07, 6.45) is 0. The Bertz CT molecular complexity index is 503. The maximum atomic E-state index is 9.29. The fraction of sp³-hybridized carbons (Fsp3) is 0.143. The van der Waals surface area contributed by atoms with Gasteiger partial charge in [0.1, 0.15) is 5.75 Å². The topological polar surface area (TPSA) is 60.7 Å². The molecule has 0 spiro atoms. The minimum atomic E-state index is -0.0537. The van der Waals surface area contributed by atoms with E-state index in [2.05, 4.69) is 0 Å². The Morgan fingerprint density at radius 3 is 2.12 bits per heavy atom. The van der Waals surface area contributed by atoms with Crippen LogP contribution in [0.5, 0.6) is 5.75 Å². The molecule has 0 aliphatic rings. The number of aliphatic hydroxyl groups is 2. The third-order valence-corrected chi connectivity index (χ3v) is 2.71. The second kappa shape index (κ2) is 4.99. The van der Waals surface area contributed by atoms with E-state index >= 15 is 0 Å². The van der Waals surface area contributed by atoms with E-state index in [1.165, 1.54) is 0 Å². The lowest BCUT2D eigenvalue weighted by Crippen LogP contribution is -1.92. The summed E-state index contributed by atoms with van der Waals surface area (Å²) < 4.78 is 0. The van der Waals surface area contributed by atoms with Crippen LogP contribution in [0.4, 0.5) is 0 Å². The van der Waals surface area contributed by atoms with Gasteiger partial charge in [0.2, 0.25) is 0 Å². The monoisotopic (exact) mass is 230 g/mol. The largest absolute Gasteiger partial charge is 0.508 e. The van der Waals surface area contributed by atoms with Crippen LogP contribution >= 0.6 is 0 Å². The van der Waals surface area contributed by atoms with Crippen molar-refractivity contribution in [3.63, 3.8) is 0 Å². The summed E-state index contributed by atoms with van der Waals surface area (Å²) in [4.78, 5) is 0. The third-order valence-electron chi connectivity index (χ3n) is 2.71. The maximum Gasteiger partial charge on any atom is 0.115 e. The van der Waals surface area contributed by atoms with Crippen molar-refractivity contribution in [3.8, 4) is 16.9 Å². The Labute approximate surface area is 99.6 Å². The van der Waals surface area contributed by atoms with Crippen molar-refractivity contribution in [3.05, 3.63) is 53.6 Å². The van der Waals surface area contributed by atoms with Crippen LogP contribution in [0, 0.1) is 0 Å². The predicted molar refractivity (Wildman–Crippen MR) is 65.4 cm³/mol. The van der Waals surface area contributed by atoms with Gasteiger partial charge >= 0.3 is 0 Å². The Balaban J connectivity index is 2.51. The Morgan fingerprint density at radius 2 is 1.53 bits per heavy atom. The molecular weight excluding hydrogens is 216 g/mol. The molecule has 0 heterocycles. The summed E-state index contributed by atoms with van der Waals surface area (Å²) in [5.41, 5.74) is 3.37. The summed E-state index contributed by atoms with van der Waals surface area (Å²) in [5, 5.41) is 27.6. The van der Waals surface area contributed by atoms with E-state index in [4.69, 9.17) is 5.11 Å². The van der Waals surface area contributed by atoms with E-state index in [-0.39, 0.29) is 19.0 Å². The Hall–Kier alpha value is -1.84. The second-order valence-corrected chi connectivity index (χ2v) is 3.85. The SMILES string of the molecule is OCc1ccc(CO)c(-c2ccc(O)cc2)c1. The van der Waals surface area contributed by atoms with Crippen molar-refractivity contribution in [1.82, 2.24) is 0 Å². The van der Waals surface area contributed by atoms with Crippen molar-refractivity contribution < 1.29 is 15.3 Å². The molecule has 0 unspecified atom stereocenters. The molecule has 17 heavy (non-hydrogen) atoms. The molecule has 2 aromatic carbocycles. The minimum absolute atomic E-state index is 0.0310. The molecule has 0 aromatic heterocycles. The molecule has 0 bridgehead atoms. The van der Waals surface area contributed by atoms with E-state index < -0.39 is 0 Å². The number of phenolic OH excluding ortho intramolecular Hbond substituents is 1. The first kappa shape index (κ1) is 11.6. The first-order valence-electron chi connectivity index (χ1n) is 5.37. The number of hydrogen-bond acceptors (Lipinski definition) is 3. The molecule has 3 heteroatoms. The van der Waals surface area contributed by atoms with Gasteiger partial charge in [0, 0.05) is 0 Å². The number of phenols is 1. The molecule has 2 aromatic rings. The van der Waals surface area contributed by atoms with Gasteiger partial charge in [-0.2, -0.15) is 0 Å². The molecule has 0 saturated carbocycles. The van der Waals surface area contributed by atoms with Crippen molar-refractivity contribution in [2.75, 3.05) is 0 Å². The zero-order valence-electron chi connectivity index (χ0n) is 9.30. The second-order valence-electron chi connectivity index (χ2n) is 3.85. The van der Waals surface area contributed by atoms with Crippen LogP contribution in [0.1, 0.15) is 11.1 Å². The summed E-state index contributed by atoms with van der Waals surface area (Å²) >= 11 is 0. The van der Waals surface area contributed by atoms with E-state index in [1.54, 1.807) is 36.4 Å². The smallest absolute Gasteiger partial charge is 0.115 e. The van der Waals surface area contributed by atoms with Gasteiger partial charge in [0.05, 0.1) is 13.2 Å². The quantitative estimate of drug-likeness (QED) is 0.756. The third kappa shape index (κ3) is 2.46. The van der Waals surface area contributed by atoms with Gasteiger partial charge in [-0.25, -0.2) is 0 Å². The highest BCUT2D eigenvalue weighted by atomic mass is 16.3. The van der Waals surface area contributed by atoms with Gasteiger partial charge in [0.25, 0.3) is 0 Å². The average molecular weight is 230 g/mol. The number of aliphatic hydroxyl groups excluding tert-OH is 2. The number of rotatable bonds is 3. The van der Waals surface area contributed by atoms with Crippen molar-refractivity contribution in [1.29, 1.82) is 0 Å². The molecule has 0 amide bonds. The van der Waals surface area contributed by atoms with E-state index in [0.29, 0.717) is 0 Å². The Morgan fingerprint density at radius 1 is 0.824 bits per heavy atom. The molecule has 0 aliphatic heterocycles. The van der Waals surface area contributed by atoms with Crippen LogP contribution in [0.25, 0.3) is 11.1 Å². The number of benzene rings is 2. The van der Waals surface area contributed by atoms with E-state index in [1.807, 2.05) is 6.07 Å². The maximum absolute atomic E-state index is 9.29. The molecule has 0 saturated heterocycles. The highest BCUT2D eigenvalue weighted by Gasteiger charge is 2.05. The van der Waals surface area contributed by atoms with Crippen LogP contribution in [0.2, 0.25) is 0 Å². The number of hydrogen-bond donors (Lipinski definition) is 3. The van der Waals surface area contributed by atoms with Gasteiger partial charge in [-0.15, -0.1) is 0 Å². The van der Waals surface area contributed by atoms with Crippen LogP contribution < -0.4 is 0 Å². The zero-order chi connectivity index (χ0) is 12.3. The first-order valence-corrected chi connectivity index (χ1v) is 5.37. The fourth-order valence-corrected chi connectivity index (χ4v) is 1.77. The van der Waals surface area contributed by atoms with Crippen molar-refractivity contribution in [2.24, 2.45) is 0 Å². The average Bonchev–Trinajstić information content (AvgIpc) is 2.39. The van der Waals surface area contributed by atoms with Crippen LogP contribution in [0.3, 0.4) is 0 Å². The zero-order valence-corrected chi connectivity index (χ0v) is 9.30. The molecule has 0 radical (unpaired) electrons. The van der Waals surface area contributed by atoms with Crippen LogP contribution in [0.15, 0.2) is 42.5 Å². The lowest BCUT2D eigenvalue weighted by atomic mass is 9.97. The van der Waals surface area contributed by atoms with E-state index in [0.717, 1.165) is 22.3 Å². The molecule has 3 nitrogen and oxygen atoms in total. The predicted octanol–water partition coefficient (Wildman–Crippen LogP) is 2.04. The Kier molecular flexibility index (Phi) is 3.42. The normalized spacial score (nSPS) is 10.5. The standard InChI is InChI=1S/C14H14O3/c15-8-10-1-2-12(9-16)14(7-10)11-3-5-13(17)6-4-11/h1-7,15-17H,8-9H2. The van der Waals surface area contributed by atoms with Crippen molar-refractivity contribution in [2.45, 2.75) is 13.2 Å². The molecule has 88 valence electrons. The number of aromatic hydroxyl groups is 1. The lowest BCUT2D eigenvalue weighted by molar-refractivity contribution is 0.278. The molecule has 3 N–H and O–H groups in total. The first-order chi connectivity index (χ1) is 8.24. The molecule has 0 fully saturated rings. The summed E-state index contributed by atoms with van der Waals surface area (Å²) in [5.74, 6) is 0.206. The molecular formula is C14H14O3. The highest BCUT2D eigenvalue weighted by molar-refractivity contribution is 5.68. The lowest BCUT2D eigenvalue weighted by Gasteiger charge is -2.09. The fourth-order valence-electron chi connectivity index (χ4n) is 1.77. The molecule has 2 rings (SSSR count). The van der Waals surface area contributed by atoms with Gasteiger partial charge in [-0.05, 0) is 40.5 Å². The van der Waals surface area contributed by atoms with Gasteiger partial charge in [0.15, 0.2) is 0 Å². The molecule has 0 aliphatic carbocycles. The minimum Gasteiger partial charge on any atom is -0.508 e. The van der Waals surface area contributed by atoms with Crippen molar-refractivity contribution >= 4 is 0 Å². The van der Waals surface area contributed by atoms with Gasteiger partial charge in [-0.3, -0.25) is 0 Å². The van der Waals surface area contributed by atoms with Crippen LogP contribution in [-0.2, 0) is 13.2 Å². The van der Waals surface area contributed by atoms with E-state index in [9.17, 15) is 10.2 Å². The highest BCUT2D eigenvalue weighted by Crippen LogP contribution is 2.26. The van der Waals surface area contributed by atoms with Gasteiger partial charge < -0.3 is 15.3 Å². The summed E-state index contributed by atoms with van der Waals surface area (Å²) in [6, 6.07) is 12.2. The summed E-state index contributed by atoms with van der Waals surface area (Å²) in [7, 11) is 0. The molecule has 0 atom stereocenters. The van der Waals surface area contributed by atoms with Gasteiger partial charge in [-0.1, -0.05) is 24.3 Å². The van der Waals surface area contributed by atoms with Crippen LogP contribution in [-0.4, -0.2) is 15.3 Å². The summed E-state index contributed by atoms with van der Waals surface area (Å²) in [6.45, 7) is -0.0846.